The third-order valence-corrected chi connectivity index (χ3v) is 2.80. The van der Waals surface area contributed by atoms with E-state index in [9.17, 15) is 0 Å². The summed E-state index contributed by atoms with van der Waals surface area (Å²) < 4.78 is 1.91. The largest absolute Gasteiger partial charge is 0.396 e. The molecular formula is C10H17ClN2O. The number of halogens is 1. The lowest BCUT2D eigenvalue weighted by Gasteiger charge is -2.09. The maximum atomic E-state index is 8.98. The van der Waals surface area contributed by atoms with Crippen molar-refractivity contribution in [3.63, 3.8) is 0 Å². The lowest BCUT2D eigenvalue weighted by Crippen LogP contribution is -2.10. The molecule has 0 spiro atoms. The molecule has 0 radical (unpaired) electrons. The van der Waals surface area contributed by atoms with Crippen molar-refractivity contribution in [1.29, 1.82) is 0 Å². The van der Waals surface area contributed by atoms with Crippen LogP contribution in [0, 0.1) is 12.8 Å². The summed E-state index contributed by atoms with van der Waals surface area (Å²) in [5.74, 6) is 0.230. The molecule has 0 saturated carbocycles. The van der Waals surface area contributed by atoms with Gasteiger partial charge in [-0.25, -0.2) is 0 Å². The molecule has 1 atom stereocenters. The predicted octanol–water partition coefficient (Wildman–Crippen LogP) is 2.04. The first-order valence-electron chi connectivity index (χ1n) is 4.92. The van der Waals surface area contributed by atoms with Gasteiger partial charge in [-0.2, -0.15) is 5.10 Å². The smallest absolute Gasteiger partial charge is 0.0847 e. The number of rotatable bonds is 4. The summed E-state index contributed by atoms with van der Waals surface area (Å²) in [4.78, 5) is 0. The van der Waals surface area contributed by atoms with Gasteiger partial charge in [-0.3, -0.25) is 4.68 Å². The number of aliphatic hydroxyl groups is 1. The summed E-state index contributed by atoms with van der Waals surface area (Å²) in [6, 6.07) is 0. The molecule has 0 fully saturated rings. The Kier molecular flexibility index (Phi) is 3.96. The second kappa shape index (κ2) is 4.80. The van der Waals surface area contributed by atoms with Crippen LogP contribution in [-0.4, -0.2) is 21.5 Å². The molecule has 1 aromatic rings. The van der Waals surface area contributed by atoms with E-state index >= 15 is 0 Å². The maximum Gasteiger partial charge on any atom is 0.0847 e. The average molecular weight is 217 g/mol. The molecule has 0 aromatic carbocycles. The summed E-state index contributed by atoms with van der Waals surface area (Å²) >= 11 is 6.13. The van der Waals surface area contributed by atoms with E-state index in [1.165, 1.54) is 0 Å². The highest BCUT2D eigenvalue weighted by Gasteiger charge is 2.14. The second-order valence-corrected chi connectivity index (χ2v) is 4.03. The van der Waals surface area contributed by atoms with Gasteiger partial charge < -0.3 is 5.11 Å². The van der Waals surface area contributed by atoms with Crippen molar-refractivity contribution in [3.05, 3.63) is 16.4 Å². The standard InChI is InChI=1S/C10H17ClN2O/c1-4-13-9(5-7(2)6-14)10(11)8(3)12-13/h7,14H,4-6H2,1-3H3. The molecule has 1 N–H and O–H groups in total. The normalized spacial score (nSPS) is 13.2. The van der Waals surface area contributed by atoms with Gasteiger partial charge in [0, 0.05) is 13.2 Å². The molecule has 0 aliphatic rings. The molecule has 0 bridgehead atoms. The van der Waals surface area contributed by atoms with Crippen molar-refractivity contribution < 1.29 is 5.11 Å². The van der Waals surface area contributed by atoms with E-state index in [4.69, 9.17) is 16.7 Å². The van der Waals surface area contributed by atoms with Crippen LogP contribution in [0.4, 0.5) is 0 Å². The summed E-state index contributed by atoms with van der Waals surface area (Å²) in [7, 11) is 0. The SMILES string of the molecule is CCn1nc(C)c(Cl)c1CC(C)CO. The molecule has 0 amide bonds. The minimum absolute atomic E-state index is 0.185. The Hall–Kier alpha value is -0.540. The first-order chi connectivity index (χ1) is 6.60. The van der Waals surface area contributed by atoms with Crippen LogP contribution < -0.4 is 0 Å². The van der Waals surface area contributed by atoms with Crippen LogP contribution in [0.5, 0.6) is 0 Å². The minimum Gasteiger partial charge on any atom is -0.396 e. The molecule has 1 unspecified atom stereocenters. The maximum absolute atomic E-state index is 8.98. The summed E-state index contributed by atoms with van der Waals surface area (Å²) in [5.41, 5.74) is 1.90. The monoisotopic (exact) mass is 216 g/mol. The van der Waals surface area contributed by atoms with Gasteiger partial charge in [0.05, 0.1) is 16.4 Å². The van der Waals surface area contributed by atoms with Crippen LogP contribution in [0.2, 0.25) is 5.02 Å². The van der Waals surface area contributed by atoms with E-state index in [2.05, 4.69) is 5.10 Å². The van der Waals surface area contributed by atoms with E-state index in [-0.39, 0.29) is 12.5 Å². The van der Waals surface area contributed by atoms with Gasteiger partial charge in [-0.15, -0.1) is 0 Å². The number of nitrogens with zero attached hydrogens (tertiary/aromatic N) is 2. The molecule has 0 aliphatic heterocycles. The highest BCUT2D eigenvalue weighted by molar-refractivity contribution is 6.31. The highest BCUT2D eigenvalue weighted by atomic mass is 35.5. The highest BCUT2D eigenvalue weighted by Crippen LogP contribution is 2.22. The first kappa shape index (κ1) is 11.5. The van der Waals surface area contributed by atoms with Crippen molar-refractivity contribution in [2.75, 3.05) is 6.61 Å². The fraction of sp³-hybridized carbons (Fsp3) is 0.700. The van der Waals surface area contributed by atoms with Crippen LogP contribution in [-0.2, 0) is 13.0 Å². The molecule has 4 heteroatoms. The van der Waals surface area contributed by atoms with Crippen molar-refractivity contribution in [2.45, 2.75) is 33.7 Å². The van der Waals surface area contributed by atoms with Gasteiger partial charge in [0.15, 0.2) is 0 Å². The molecular weight excluding hydrogens is 200 g/mol. The third kappa shape index (κ3) is 2.28. The van der Waals surface area contributed by atoms with Crippen molar-refractivity contribution in [2.24, 2.45) is 5.92 Å². The lowest BCUT2D eigenvalue weighted by atomic mass is 10.1. The Morgan fingerprint density at radius 1 is 1.57 bits per heavy atom. The molecule has 1 rings (SSSR count). The second-order valence-electron chi connectivity index (χ2n) is 3.65. The van der Waals surface area contributed by atoms with Crippen LogP contribution in [0.25, 0.3) is 0 Å². The van der Waals surface area contributed by atoms with Gasteiger partial charge in [-0.1, -0.05) is 18.5 Å². The van der Waals surface area contributed by atoms with E-state index in [0.717, 1.165) is 29.4 Å². The zero-order valence-electron chi connectivity index (χ0n) is 8.92. The van der Waals surface area contributed by atoms with Gasteiger partial charge in [0.2, 0.25) is 0 Å². The van der Waals surface area contributed by atoms with E-state index in [1.54, 1.807) is 0 Å². The van der Waals surface area contributed by atoms with Crippen molar-refractivity contribution in [1.82, 2.24) is 9.78 Å². The third-order valence-electron chi connectivity index (χ3n) is 2.31. The fourth-order valence-corrected chi connectivity index (χ4v) is 1.67. The molecule has 1 aromatic heterocycles. The summed E-state index contributed by atoms with van der Waals surface area (Å²) in [6.07, 6.45) is 0.782. The zero-order chi connectivity index (χ0) is 10.7. The Morgan fingerprint density at radius 2 is 2.21 bits per heavy atom. The van der Waals surface area contributed by atoms with Gasteiger partial charge in [-0.05, 0) is 26.2 Å². The lowest BCUT2D eigenvalue weighted by molar-refractivity contribution is 0.235. The Balaban J connectivity index is 2.93. The molecule has 0 saturated heterocycles. The van der Waals surface area contributed by atoms with Gasteiger partial charge in [0.1, 0.15) is 0 Å². The van der Waals surface area contributed by atoms with E-state index in [0.29, 0.717) is 0 Å². The number of hydrogen-bond donors (Lipinski definition) is 1. The van der Waals surface area contributed by atoms with Crippen molar-refractivity contribution >= 4 is 11.6 Å². The van der Waals surface area contributed by atoms with Crippen LogP contribution in [0.15, 0.2) is 0 Å². The number of aryl methyl sites for hydroxylation is 2. The Labute approximate surface area is 89.7 Å². The first-order valence-corrected chi connectivity index (χ1v) is 5.30. The predicted molar refractivity (Wildman–Crippen MR) is 57.6 cm³/mol. The quantitative estimate of drug-likeness (QED) is 0.837. The number of aliphatic hydroxyl groups excluding tert-OH is 1. The number of hydrogen-bond acceptors (Lipinski definition) is 2. The zero-order valence-corrected chi connectivity index (χ0v) is 9.67. The molecule has 1 heterocycles. The van der Waals surface area contributed by atoms with Gasteiger partial charge in [0.25, 0.3) is 0 Å². The van der Waals surface area contributed by atoms with Gasteiger partial charge >= 0.3 is 0 Å². The minimum atomic E-state index is 0.185. The van der Waals surface area contributed by atoms with Crippen LogP contribution in [0.1, 0.15) is 25.2 Å². The number of aromatic nitrogens is 2. The van der Waals surface area contributed by atoms with Crippen LogP contribution in [0.3, 0.4) is 0 Å². The van der Waals surface area contributed by atoms with Crippen molar-refractivity contribution in [3.8, 4) is 0 Å². The summed E-state index contributed by atoms with van der Waals surface area (Å²) in [5, 5.41) is 14.0. The Morgan fingerprint density at radius 3 is 2.71 bits per heavy atom. The molecule has 3 nitrogen and oxygen atoms in total. The summed E-state index contributed by atoms with van der Waals surface area (Å²) in [6.45, 7) is 6.95. The average Bonchev–Trinajstić information content (AvgIpc) is 2.45. The molecule has 80 valence electrons. The van der Waals surface area contributed by atoms with Crippen LogP contribution >= 0.6 is 11.6 Å². The van der Waals surface area contributed by atoms with E-state index < -0.39 is 0 Å². The molecule has 14 heavy (non-hydrogen) atoms. The van der Waals surface area contributed by atoms with E-state index in [1.807, 2.05) is 25.5 Å². The Bertz CT molecular complexity index is 309. The fourth-order valence-electron chi connectivity index (χ4n) is 1.46. The topological polar surface area (TPSA) is 38.0 Å². The molecule has 0 aliphatic carbocycles.